The highest BCUT2D eigenvalue weighted by atomic mass is 16.3. The summed E-state index contributed by atoms with van der Waals surface area (Å²) in [4.78, 5) is 25.6. The molecule has 0 aromatic carbocycles. The standard InChI is InChI=1S/C19H26N4O4/c1-11(2)10-22-16-12(7-8-19(3,4)27)9-20-23(16)18(26)14(17(22)25)15(24)21-13-5-6-13/h7-9,11,13,26-27H,5-6,10H2,1-4H3,(H,21,24). The van der Waals surface area contributed by atoms with E-state index in [9.17, 15) is 19.8 Å². The lowest BCUT2D eigenvalue weighted by Gasteiger charge is -2.15. The Morgan fingerprint density at radius 1 is 1.44 bits per heavy atom. The van der Waals surface area contributed by atoms with Crippen LogP contribution in [0.25, 0.3) is 11.7 Å². The van der Waals surface area contributed by atoms with Crippen LogP contribution in [0.5, 0.6) is 5.88 Å². The van der Waals surface area contributed by atoms with Gasteiger partial charge < -0.3 is 15.5 Å². The van der Waals surface area contributed by atoms with Gasteiger partial charge in [0.25, 0.3) is 11.5 Å². The molecular formula is C19H26N4O4. The molecule has 0 radical (unpaired) electrons. The second-order valence-corrected chi connectivity index (χ2v) is 8.08. The average molecular weight is 374 g/mol. The van der Waals surface area contributed by atoms with Crippen LogP contribution in [0.15, 0.2) is 17.1 Å². The highest BCUT2D eigenvalue weighted by molar-refractivity contribution is 5.96. The third-order valence-electron chi connectivity index (χ3n) is 4.27. The van der Waals surface area contributed by atoms with Gasteiger partial charge in [-0.05, 0) is 32.6 Å². The van der Waals surface area contributed by atoms with Gasteiger partial charge in [-0.25, -0.2) is 0 Å². The minimum atomic E-state index is -1.04. The summed E-state index contributed by atoms with van der Waals surface area (Å²) < 4.78 is 2.67. The SMILES string of the molecule is CC(C)Cn1c(=O)c(C(=O)NC2CC2)c(O)n2ncc(C=CC(C)(C)O)c12. The van der Waals surface area contributed by atoms with E-state index < -0.39 is 22.9 Å². The summed E-state index contributed by atoms with van der Waals surface area (Å²) in [7, 11) is 0. The first-order valence-corrected chi connectivity index (χ1v) is 9.14. The van der Waals surface area contributed by atoms with Crippen molar-refractivity contribution in [1.82, 2.24) is 19.5 Å². The molecule has 3 rings (SSSR count). The second-order valence-electron chi connectivity index (χ2n) is 8.08. The van der Waals surface area contributed by atoms with Crippen molar-refractivity contribution in [1.29, 1.82) is 0 Å². The smallest absolute Gasteiger partial charge is 0.270 e. The number of rotatable bonds is 6. The maximum absolute atomic E-state index is 13.1. The Kier molecular flexibility index (Phi) is 4.86. The van der Waals surface area contributed by atoms with Crippen molar-refractivity contribution < 1.29 is 15.0 Å². The molecule has 2 aromatic rings. The molecule has 2 heterocycles. The molecule has 1 amide bonds. The van der Waals surface area contributed by atoms with E-state index in [4.69, 9.17) is 0 Å². The molecule has 1 aliphatic carbocycles. The molecule has 2 aromatic heterocycles. The highest BCUT2D eigenvalue weighted by Crippen LogP contribution is 2.24. The number of aromatic hydroxyl groups is 1. The normalized spacial score (nSPS) is 15.2. The Bertz CT molecular complexity index is 959. The summed E-state index contributed by atoms with van der Waals surface area (Å²) in [5.41, 5.74) is -0.931. The van der Waals surface area contributed by atoms with Gasteiger partial charge in [-0.3, -0.25) is 14.2 Å². The Morgan fingerprint density at radius 2 is 2.11 bits per heavy atom. The molecule has 0 saturated heterocycles. The summed E-state index contributed by atoms with van der Waals surface area (Å²) >= 11 is 0. The van der Waals surface area contributed by atoms with E-state index in [1.54, 1.807) is 26.0 Å². The fraction of sp³-hybridized carbons (Fsp3) is 0.526. The molecule has 0 atom stereocenters. The molecule has 1 aliphatic rings. The second kappa shape index (κ2) is 6.84. The van der Waals surface area contributed by atoms with Crippen LogP contribution in [-0.4, -0.2) is 41.9 Å². The van der Waals surface area contributed by atoms with E-state index in [0.29, 0.717) is 17.8 Å². The van der Waals surface area contributed by atoms with Gasteiger partial charge in [0, 0.05) is 18.2 Å². The van der Waals surface area contributed by atoms with Crippen molar-refractivity contribution in [2.45, 2.75) is 58.7 Å². The Hall–Kier alpha value is -2.61. The highest BCUT2D eigenvalue weighted by Gasteiger charge is 2.29. The van der Waals surface area contributed by atoms with Crippen LogP contribution in [0.3, 0.4) is 0 Å². The number of nitrogens with one attached hydrogen (secondary N) is 1. The molecule has 0 unspecified atom stereocenters. The van der Waals surface area contributed by atoms with E-state index in [1.165, 1.54) is 15.3 Å². The maximum atomic E-state index is 13.1. The van der Waals surface area contributed by atoms with Gasteiger partial charge in [0.15, 0.2) is 5.56 Å². The first-order valence-electron chi connectivity index (χ1n) is 9.14. The zero-order valence-electron chi connectivity index (χ0n) is 16.1. The molecule has 1 saturated carbocycles. The predicted molar refractivity (Wildman–Crippen MR) is 102 cm³/mol. The number of aliphatic hydroxyl groups is 1. The van der Waals surface area contributed by atoms with Gasteiger partial charge in [0.05, 0.1) is 11.8 Å². The van der Waals surface area contributed by atoms with Crippen LogP contribution in [0, 0.1) is 5.92 Å². The predicted octanol–water partition coefficient (Wildman–Crippen LogP) is 1.53. The number of hydrogen-bond acceptors (Lipinski definition) is 5. The quantitative estimate of drug-likeness (QED) is 0.711. The summed E-state index contributed by atoms with van der Waals surface area (Å²) in [6, 6.07) is 0.0634. The van der Waals surface area contributed by atoms with Crippen LogP contribution >= 0.6 is 0 Å². The first kappa shape index (κ1) is 19.2. The molecule has 0 spiro atoms. The average Bonchev–Trinajstić information content (AvgIpc) is 3.24. The van der Waals surface area contributed by atoms with Crippen LogP contribution < -0.4 is 10.9 Å². The Morgan fingerprint density at radius 3 is 2.67 bits per heavy atom. The molecule has 8 heteroatoms. The van der Waals surface area contributed by atoms with Crippen LogP contribution in [0.4, 0.5) is 0 Å². The van der Waals surface area contributed by atoms with E-state index in [-0.39, 0.29) is 17.5 Å². The first-order chi connectivity index (χ1) is 12.6. The number of amides is 1. The summed E-state index contributed by atoms with van der Waals surface area (Å²) in [5.74, 6) is -0.920. The minimum absolute atomic E-state index is 0.0634. The molecular weight excluding hydrogens is 348 g/mol. The number of carbonyl (C=O) groups excluding carboxylic acids is 1. The topological polar surface area (TPSA) is 109 Å². The number of fused-ring (bicyclic) bond motifs is 1. The van der Waals surface area contributed by atoms with E-state index >= 15 is 0 Å². The van der Waals surface area contributed by atoms with E-state index in [0.717, 1.165) is 12.8 Å². The lowest BCUT2D eigenvalue weighted by molar-refractivity contribution is 0.0944. The Labute approximate surface area is 157 Å². The summed E-state index contributed by atoms with van der Waals surface area (Å²) in [5, 5.41) is 27.4. The minimum Gasteiger partial charge on any atom is -0.492 e. The van der Waals surface area contributed by atoms with Gasteiger partial charge in [0.1, 0.15) is 5.65 Å². The monoisotopic (exact) mass is 374 g/mol. The molecule has 0 aliphatic heterocycles. The van der Waals surface area contributed by atoms with Crippen LogP contribution in [0.2, 0.25) is 0 Å². The zero-order chi connectivity index (χ0) is 19.9. The number of aromatic nitrogens is 3. The van der Waals surface area contributed by atoms with Crippen molar-refractivity contribution in [2.24, 2.45) is 5.92 Å². The van der Waals surface area contributed by atoms with Gasteiger partial charge in [0.2, 0.25) is 5.88 Å². The third-order valence-corrected chi connectivity index (χ3v) is 4.27. The fourth-order valence-corrected chi connectivity index (χ4v) is 2.84. The summed E-state index contributed by atoms with van der Waals surface area (Å²) in [6.45, 7) is 7.55. The number of hydrogen-bond donors (Lipinski definition) is 3. The molecule has 0 bridgehead atoms. The van der Waals surface area contributed by atoms with Gasteiger partial charge in [-0.2, -0.15) is 9.61 Å². The largest absolute Gasteiger partial charge is 0.492 e. The molecule has 3 N–H and O–H groups in total. The fourth-order valence-electron chi connectivity index (χ4n) is 2.84. The van der Waals surface area contributed by atoms with Crippen molar-refractivity contribution in [3.63, 3.8) is 0 Å². The van der Waals surface area contributed by atoms with Crippen LogP contribution in [-0.2, 0) is 6.54 Å². The van der Waals surface area contributed by atoms with Crippen molar-refractivity contribution >= 4 is 17.6 Å². The zero-order valence-corrected chi connectivity index (χ0v) is 16.1. The summed E-state index contributed by atoms with van der Waals surface area (Å²) in [6.07, 6.45) is 6.49. The van der Waals surface area contributed by atoms with Crippen molar-refractivity contribution in [2.75, 3.05) is 0 Å². The molecule has 1 fully saturated rings. The molecule has 27 heavy (non-hydrogen) atoms. The number of carbonyl (C=O) groups is 1. The third kappa shape index (κ3) is 4.05. The van der Waals surface area contributed by atoms with Crippen molar-refractivity contribution in [3.8, 4) is 5.88 Å². The molecule has 8 nitrogen and oxygen atoms in total. The Balaban J connectivity index is 2.21. The van der Waals surface area contributed by atoms with E-state index in [1.807, 2.05) is 13.8 Å². The van der Waals surface area contributed by atoms with Crippen molar-refractivity contribution in [3.05, 3.63) is 33.8 Å². The number of nitrogens with zero attached hydrogens (tertiary/aromatic N) is 3. The molecule has 146 valence electrons. The lowest BCUT2D eigenvalue weighted by Crippen LogP contribution is -2.36. The van der Waals surface area contributed by atoms with E-state index in [2.05, 4.69) is 10.4 Å². The van der Waals surface area contributed by atoms with Gasteiger partial charge >= 0.3 is 0 Å². The maximum Gasteiger partial charge on any atom is 0.270 e. The lowest BCUT2D eigenvalue weighted by atomic mass is 10.1. The van der Waals surface area contributed by atoms with Gasteiger partial charge in [-0.1, -0.05) is 26.0 Å². The van der Waals surface area contributed by atoms with Crippen LogP contribution in [0.1, 0.15) is 56.5 Å². The van der Waals surface area contributed by atoms with Gasteiger partial charge in [-0.15, -0.1) is 0 Å².